The van der Waals surface area contributed by atoms with Crippen LogP contribution in [0.25, 0.3) is 10.9 Å². The van der Waals surface area contributed by atoms with Gasteiger partial charge in [0.05, 0.1) is 18.2 Å². The molecule has 0 spiro atoms. The summed E-state index contributed by atoms with van der Waals surface area (Å²) in [6, 6.07) is 14.0. The summed E-state index contributed by atoms with van der Waals surface area (Å²) in [5, 5.41) is 10.9. The summed E-state index contributed by atoms with van der Waals surface area (Å²) in [5.41, 5.74) is 1.70. The van der Waals surface area contributed by atoms with Crippen LogP contribution >= 0.6 is 0 Å². The van der Waals surface area contributed by atoms with Gasteiger partial charge in [0.1, 0.15) is 13.2 Å². The van der Waals surface area contributed by atoms with Gasteiger partial charge in [-0.15, -0.1) is 0 Å². The number of pyridine rings is 1. The largest absolute Gasteiger partial charge is 0.486 e. The minimum Gasteiger partial charge on any atom is -0.486 e. The molecule has 10 heteroatoms. The average Bonchev–Trinajstić information content (AvgIpc) is 2.98. The van der Waals surface area contributed by atoms with Gasteiger partial charge < -0.3 is 28.8 Å². The lowest BCUT2D eigenvalue weighted by molar-refractivity contribution is 0.0131. The maximum absolute atomic E-state index is 13.0. The van der Waals surface area contributed by atoms with Crippen LogP contribution in [0.1, 0.15) is 49.5 Å². The van der Waals surface area contributed by atoms with Crippen LogP contribution in [-0.4, -0.2) is 77.0 Å². The number of methoxy groups -OCH3 is 1. The van der Waals surface area contributed by atoms with Gasteiger partial charge in [-0.1, -0.05) is 32.9 Å². The van der Waals surface area contributed by atoms with E-state index in [1.807, 2.05) is 24.3 Å². The molecule has 1 fully saturated rings. The van der Waals surface area contributed by atoms with Crippen LogP contribution in [0.2, 0.25) is 0 Å². The highest BCUT2D eigenvalue weighted by Crippen LogP contribution is 2.36. The molecule has 2 unspecified atom stereocenters. The third-order valence-corrected chi connectivity index (χ3v) is 8.38. The smallest absolute Gasteiger partial charge is 0.407 e. The molecule has 1 aromatic heterocycles. The molecule has 0 bridgehead atoms. The van der Waals surface area contributed by atoms with Crippen molar-refractivity contribution >= 4 is 23.0 Å². The maximum atomic E-state index is 13.0. The maximum Gasteiger partial charge on any atom is 0.407 e. The second-order valence-electron chi connectivity index (χ2n) is 12.0. The summed E-state index contributed by atoms with van der Waals surface area (Å²) in [6.45, 7) is 9.52. The van der Waals surface area contributed by atoms with E-state index in [4.69, 9.17) is 14.2 Å². The van der Waals surface area contributed by atoms with E-state index in [2.05, 4.69) is 25.7 Å². The number of hydrogen-bond donors (Lipinski definition) is 1. The molecule has 3 aromatic rings. The number of carbonyl (C=O) groups excluding carboxylic acids is 1. The van der Waals surface area contributed by atoms with Crippen LogP contribution in [0.15, 0.2) is 53.3 Å². The molecule has 2 aromatic carbocycles. The van der Waals surface area contributed by atoms with E-state index >= 15 is 0 Å². The summed E-state index contributed by atoms with van der Waals surface area (Å²) in [5.74, 6) is 0.883. The number of carbonyl (C=O) groups is 2. The van der Waals surface area contributed by atoms with Crippen molar-refractivity contribution in [1.29, 1.82) is 0 Å². The van der Waals surface area contributed by atoms with Gasteiger partial charge >= 0.3 is 12.1 Å². The SMILES string of the molecule is COC(=O)c1cccc2c1ccc(=O)n2CCN1CCC(N(Cc2ccc3c(c2)OCCO3)C(=O)O)CC1C(C)(C)C. The molecule has 2 aliphatic rings. The van der Waals surface area contributed by atoms with Gasteiger partial charge in [0, 0.05) is 49.7 Å². The minimum atomic E-state index is -0.945. The van der Waals surface area contributed by atoms with Gasteiger partial charge in [-0.3, -0.25) is 9.69 Å². The summed E-state index contributed by atoms with van der Waals surface area (Å²) in [6.07, 6.45) is 0.414. The van der Waals surface area contributed by atoms with Crippen molar-refractivity contribution in [1.82, 2.24) is 14.4 Å². The number of aromatic nitrogens is 1. The number of hydrogen-bond acceptors (Lipinski definition) is 7. The number of benzene rings is 2. The lowest BCUT2D eigenvalue weighted by Gasteiger charge is -2.48. The van der Waals surface area contributed by atoms with Crippen LogP contribution in [0, 0.1) is 5.41 Å². The first-order chi connectivity index (χ1) is 20.1. The molecule has 224 valence electrons. The molecule has 0 aliphatic carbocycles. The second-order valence-corrected chi connectivity index (χ2v) is 12.0. The van der Waals surface area contributed by atoms with Crippen LogP contribution in [-0.2, 0) is 17.8 Å². The van der Waals surface area contributed by atoms with Crippen molar-refractivity contribution in [2.24, 2.45) is 5.41 Å². The summed E-state index contributed by atoms with van der Waals surface area (Å²) in [4.78, 5) is 41.7. The van der Waals surface area contributed by atoms with Crippen molar-refractivity contribution < 1.29 is 28.9 Å². The molecule has 2 aliphatic heterocycles. The highest BCUT2D eigenvalue weighted by atomic mass is 16.6. The van der Waals surface area contributed by atoms with Crippen molar-refractivity contribution in [3.63, 3.8) is 0 Å². The summed E-state index contributed by atoms with van der Waals surface area (Å²) < 4.78 is 18.0. The molecule has 1 N–H and O–H groups in total. The number of amides is 1. The molecule has 42 heavy (non-hydrogen) atoms. The van der Waals surface area contributed by atoms with Crippen LogP contribution in [0.4, 0.5) is 4.79 Å². The number of fused-ring (bicyclic) bond motifs is 2. The Balaban J connectivity index is 1.34. The Kier molecular flexibility index (Phi) is 8.45. The first-order valence-electron chi connectivity index (χ1n) is 14.4. The van der Waals surface area contributed by atoms with Crippen molar-refractivity contribution in [3.05, 3.63) is 70.0 Å². The first kappa shape index (κ1) is 29.4. The molecular weight excluding hydrogens is 538 g/mol. The van der Waals surface area contributed by atoms with Crippen molar-refractivity contribution in [2.75, 3.05) is 33.4 Å². The zero-order valence-electron chi connectivity index (χ0n) is 24.7. The van der Waals surface area contributed by atoms with Gasteiger partial charge in [-0.2, -0.15) is 0 Å². The number of nitrogens with zero attached hydrogens (tertiary/aromatic N) is 3. The molecule has 2 atom stereocenters. The first-order valence-corrected chi connectivity index (χ1v) is 14.4. The number of likely N-dealkylation sites (tertiary alicyclic amines) is 1. The van der Waals surface area contributed by atoms with E-state index in [-0.39, 0.29) is 29.6 Å². The molecule has 1 amide bonds. The number of piperidine rings is 1. The number of ether oxygens (including phenoxy) is 3. The van der Waals surface area contributed by atoms with Crippen LogP contribution < -0.4 is 15.0 Å². The Hall–Kier alpha value is -4.05. The Morgan fingerprint density at radius 3 is 2.52 bits per heavy atom. The third kappa shape index (κ3) is 6.09. The molecule has 0 saturated carbocycles. The summed E-state index contributed by atoms with van der Waals surface area (Å²) >= 11 is 0. The number of rotatable bonds is 7. The molecule has 5 rings (SSSR count). The minimum absolute atomic E-state index is 0.0923. The molecular formula is C32H39N3O7. The van der Waals surface area contributed by atoms with Crippen LogP contribution in [0.3, 0.4) is 0 Å². The summed E-state index contributed by atoms with van der Waals surface area (Å²) in [7, 11) is 1.34. The van der Waals surface area contributed by atoms with E-state index in [1.54, 1.807) is 27.7 Å². The fraction of sp³-hybridized carbons (Fsp3) is 0.469. The van der Waals surface area contributed by atoms with Gasteiger partial charge in [-0.05, 0) is 54.2 Å². The van der Waals surface area contributed by atoms with Gasteiger partial charge in [0.2, 0.25) is 0 Å². The Bertz CT molecular complexity index is 1530. The normalized spacial score (nSPS) is 19.0. The van der Waals surface area contributed by atoms with Crippen molar-refractivity contribution in [2.45, 2.75) is 58.8 Å². The Morgan fingerprint density at radius 2 is 1.81 bits per heavy atom. The van der Waals surface area contributed by atoms with E-state index in [0.717, 1.165) is 5.56 Å². The Labute approximate surface area is 245 Å². The van der Waals surface area contributed by atoms with Crippen LogP contribution in [0.5, 0.6) is 11.5 Å². The fourth-order valence-electron chi connectivity index (χ4n) is 6.26. The van der Waals surface area contributed by atoms with Gasteiger partial charge in [0.15, 0.2) is 11.5 Å². The predicted octanol–water partition coefficient (Wildman–Crippen LogP) is 4.62. The number of esters is 1. The zero-order chi connectivity index (χ0) is 30.0. The molecule has 0 radical (unpaired) electrons. The fourth-order valence-corrected chi connectivity index (χ4v) is 6.26. The highest BCUT2D eigenvalue weighted by Gasteiger charge is 2.39. The lowest BCUT2D eigenvalue weighted by atomic mass is 9.78. The third-order valence-electron chi connectivity index (χ3n) is 8.38. The van der Waals surface area contributed by atoms with Gasteiger partial charge in [-0.25, -0.2) is 9.59 Å². The van der Waals surface area contributed by atoms with E-state index in [1.165, 1.54) is 13.2 Å². The average molecular weight is 578 g/mol. The van der Waals surface area contributed by atoms with E-state index < -0.39 is 12.1 Å². The van der Waals surface area contributed by atoms with E-state index in [9.17, 15) is 19.5 Å². The predicted molar refractivity (Wildman–Crippen MR) is 158 cm³/mol. The topological polar surface area (TPSA) is 111 Å². The molecule has 10 nitrogen and oxygen atoms in total. The molecule has 3 heterocycles. The van der Waals surface area contributed by atoms with Gasteiger partial charge in [0.25, 0.3) is 5.56 Å². The molecule has 1 saturated heterocycles. The Morgan fingerprint density at radius 1 is 1.05 bits per heavy atom. The second kappa shape index (κ2) is 12.1. The zero-order valence-corrected chi connectivity index (χ0v) is 24.7. The number of carboxylic acid groups (broad SMARTS) is 1. The van der Waals surface area contributed by atoms with Crippen molar-refractivity contribution in [3.8, 4) is 11.5 Å². The lowest BCUT2D eigenvalue weighted by Crippen LogP contribution is -2.55. The van der Waals surface area contributed by atoms with E-state index in [0.29, 0.717) is 73.7 Å². The quantitative estimate of drug-likeness (QED) is 0.405. The monoisotopic (exact) mass is 577 g/mol. The standard InChI is InChI=1S/C32H39N3O7/c1-32(2,3)28-19-22(35(31(38)39)20-21-8-10-26-27(18-21)42-17-16-41-26)12-13-33(28)14-15-34-25-7-5-6-24(30(37)40-4)23(25)9-11-29(34)36/h5-11,18,22,28H,12-17,19-20H2,1-4H3,(H,38,39). The highest BCUT2D eigenvalue weighted by molar-refractivity contribution is 6.03.